The van der Waals surface area contributed by atoms with Gasteiger partial charge in [0.15, 0.2) is 5.78 Å². The topological polar surface area (TPSA) is 56.0 Å². The van der Waals surface area contributed by atoms with E-state index in [4.69, 9.17) is 17.3 Å². The van der Waals surface area contributed by atoms with Crippen LogP contribution in [0.15, 0.2) is 23.6 Å². The van der Waals surface area contributed by atoms with Gasteiger partial charge >= 0.3 is 0 Å². The van der Waals surface area contributed by atoms with Crippen molar-refractivity contribution in [2.75, 3.05) is 0 Å². The minimum atomic E-state index is -0.495. The molecule has 0 spiro atoms. The van der Waals surface area contributed by atoms with Crippen LogP contribution in [-0.4, -0.2) is 10.8 Å². The zero-order valence-electron chi connectivity index (χ0n) is 10.2. The summed E-state index contributed by atoms with van der Waals surface area (Å²) in [6, 6.07) is 4.05. The smallest absolute Gasteiger partial charge is 0.186 e. The Morgan fingerprint density at radius 1 is 1.58 bits per heavy atom. The van der Waals surface area contributed by atoms with Crippen molar-refractivity contribution >= 4 is 28.7 Å². The number of halogens is 2. The van der Waals surface area contributed by atoms with E-state index in [-0.39, 0.29) is 23.3 Å². The van der Waals surface area contributed by atoms with Crippen molar-refractivity contribution in [3.05, 3.63) is 50.7 Å². The lowest BCUT2D eigenvalue weighted by Gasteiger charge is -2.01. The van der Waals surface area contributed by atoms with Crippen LogP contribution >= 0.6 is 22.9 Å². The van der Waals surface area contributed by atoms with E-state index < -0.39 is 5.82 Å². The maximum atomic E-state index is 13.0. The number of carbonyl (C=O) groups excluding carboxylic acids is 1. The zero-order valence-corrected chi connectivity index (χ0v) is 11.8. The Morgan fingerprint density at radius 3 is 2.89 bits per heavy atom. The van der Waals surface area contributed by atoms with Gasteiger partial charge in [0, 0.05) is 11.8 Å². The molecule has 0 amide bonds. The molecule has 19 heavy (non-hydrogen) atoms. The number of hydrogen-bond donors (Lipinski definition) is 1. The molecule has 0 saturated heterocycles. The normalized spacial score (nSPS) is 12.4. The molecule has 0 fully saturated rings. The number of thiazole rings is 1. The molecular weight excluding hydrogens is 287 g/mol. The highest BCUT2D eigenvalue weighted by atomic mass is 35.5. The largest absolute Gasteiger partial charge is 0.322 e. The zero-order chi connectivity index (χ0) is 14.0. The van der Waals surface area contributed by atoms with Gasteiger partial charge in [0.2, 0.25) is 0 Å². The maximum Gasteiger partial charge on any atom is 0.186 e. The molecule has 2 aromatic rings. The van der Waals surface area contributed by atoms with Gasteiger partial charge in [-0.2, -0.15) is 0 Å². The first-order chi connectivity index (χ1) is 8.97. The van der Waals surface area contributed by atoms with Crippen LogP contribution in [0.5, 0.6) is 0 Å². The van der Waals surface area contributed by atoms with E-state index in [9.17, 15) is 9.18 Å². The lowest BCUT2D eigenvalue weighted by atomic mass is 10.1. The molecule has 0 saturated carbocycles. The molecule has 100 valence electrons. The van der Waals surface area contributed by atoms with E-state index in [2.05, 4.69) is 4.98 Å². The summed E-state index contributed by atoms with van der Waals surface area (Å²) < 4.78 is 13.0. The Balaban J connectivity index is 2.13. The fourth-order valence-electron chi connectivity index (χ4n) is 1.55. The second-order valence-electron chi connectivity index (χ2n) is 4.21. The molecule has 0 aliphatic rings. The number of hydrogen-bond acceptors (Lipinski definition) is 4. The van der Waals surface area contributed by atoms with Crippen molar-refractivity contribution in [1.29, 1.82) is 0 Å². The SMILES string of the molecule is CC(N)c1nc(C(=O)Cc2ccc(F)c(Cl)c2)cs1. The van der Waals surface area contributed by atoms with Gasteiger partial charge in [-0.1, -0.05) is 17.7 Å². The first kappa shape index (κ1) is 14.1. The van der Waals surface area contributed by atoms with E-state index >= 15 is 0 Å². The van der Waals surface area contributed by atoms with E-state index in [1.165, 1.54) is 29.5 Å². The van der Waals surface area contributed by atoms with Gasteiger partial charge in [-0.25, -0.2) is 9.37 Å². The van der Waals surface area contributed by atoms with Crippen molar-refractivity contribution in [3.63, 3.8) is 0 Å². The predicted molar refractivity (Wildman–Crippen MR) is 74.2 cm³/mol. The third-order valence-electron chi connectivity index (χ3n) is 2.55. The third-order valence-corrected chi connectivity index (χ3v) is 3.88. The van der Waals surface area contributed by atoms with Crippen LogP contribution in [0, 0.1) is 5.82 Å². The molecule has 2 N–H and O–H groups in total. The summed E-state index contributed by atoms with van der Waals surface area (Å²) in [5.74, 6) is -0.628. The van der Waals surface area contributed by atoms with Crippen LogP contribution in [0.25, 0.3) is 0 Å². The number of benzene rings is 1. The summed E-state index contributed by atoms with van der Waals surface area (Å²) in [5, 5.41) is 2.42. The van der Waals surface area contributed by atoms with Gasteiger partial charge < -0.3 is 5.73 Å². The van der Waals surface area contributed by atoms with Crippen LogP contribution in [-0.2, 0) is 6.42 Å². The molecule has 0 aliphatic heterocycles. The fourth-order valence-corrected chi connectivity index (χ4v) is 2.54. The lowest BCUT2D eigenvalue weighted by molar-refractivity contribution is 0.0988. The second-order valence-corrected chi connectivity index (χ2v) is 5.50. The number of rotatable bonds is 4. The molecule has 1 aromatic carbocycles. The van der Waals surface area contributed by atoms with Crippen molar-refractivity contribution in [2.45, 2.75) is 19.4 Å². The standard InChI is InChI=1S/C13H12ClFN2OS/c1-7(16)13-17-11(6-19-13)12(18)5-8-2-3-10(15)9(14)4-8/h2-4,6-7H,5,16H2,1H3. The first-order valence-electron chi connectivity index (χ1n) is 5.65. The number of Topliss-reactive ketones (excluding diaryl/α,β-unsaturated/α-hetero) is 1. The van der Waals surface area contributed by atoms with Gasteiger partial charge in [-0.05, 0) is 24.6 Å². The summed E-state index contributed by atoms with van der Waals surface area (Å²) in [6.07, 6.45) is 0.141. The predicted octanol–water partition coefficient (Wildman–Crippen LogP) is 3.38. The molecule has 0 aliphatic carbocycles. The van der Waals surface area contributed by atoms with Crippen LogP contribution in [0.1, 0.15) is 34.0 Å². The summed E-state index contributed by atoms with van der Waals surface area (Å²) in [5.41, 5.74) is 6.74. The first-order valence-corrected chi connectivity index (χ1v) is 6.91. The van der Waals surface area contributed by atoms with Crippen molar-refractivity contribution in [3.8, 4) is 0 Å². The molecular formula is C13H12ClFN2OS. The Morgan fingerprint density at radius 2 is 2.32 bits per heavy atom. The number of aromatic nitrogens is 1. The van der Waals surface area contributed by atoms with Gasteiger partial charge in [0.25, 0.3) is 0 Å². The van der Waals surface area contributed by atoms with Crippen molar-refractivity contribution < 1.29 is 9.18 Å². The van der Waals surface area contributed by atoms with E-state index in [0.29, 0.717) is 11.3 Å². The third kappa shape index (κ3) is 3.37. The monoisotopic (exact) mass is 298 g/mol. The molecule has 6 heteroatoms. The number of nitrogens with zero attached hydrogens (tertiary/aromatic N) is 1. The van der Waals surface area contributed by atoms with Crippen LogP contribution in [0.4, 0.5) is 4.39 Å². The molecule has 0 bridgehead atoms. The second kappa shape index (κ2) is 5.77. The highest BCUT2D eigenvalue weighted by Gasteiger charge is 2.14. The molecule has 1 aromatic heterocycles. The van der Waals surface area contributed by atoms with Gasteiger partial charge in [-0.15, -0.1) is 11.3 Å². The molecule has 1 unspecified atom stereocenters. The minimum Gasteiger partial charge on any atom is -0.322 e. The Hall–Kier alpha value is -1.30. The average Bonchev–Trinajstić information content (AvgIpc) is 2.83. The summed E-state index contributed by atoms with van der Waals surface area (Å²) >= 11 is 7.03. The number of ketones is 1. The maximum absolute atomic E-state index is 13.0. The van der Waals surface area contributed by atoms with Gasteiger partial charge in [0.1, 0.15) is 16.5 Å². The number of carbonyl (C=O) groups is 1. The summed E-state index contributed by atoms with van der Waals surface area (Å²) in [4.78, 5) is 16.2. The van der Waals surface area contributed by atoms with Crippen LogP contribution < -0.4 is 5.73 Å². The van der Waals surface area contributed by atoms with Crippen LogP contribution in [0.3, 0.4) is 0 Å². The summed E-state index contributed by atoms with van der Waals surface area (Å²) in [6.45, 7) is 1.81. The quantitative estimate of drug-likeness (QED) is 0.880. The molecule has 2 rings (SSSR count). The van der Waals surface area contributed by atoms with Crippen molar-refractivity contribution in [1.82, 2.24) is 4.98 Å². The minimum absolute atomic E-state index is 0.0137. The Labute approximate surface area is 119 Å². The summed E-state index contributed by atoms with van der Waals surface area (Å²) in [7, 11) is 0. The fraction of sp³-hybridized carbons (Fsp3) is 0.231. The van der Waals surface area contributed by atoms with Gasteiger partial charge in [0.05, 0.1) is 11.1 Å². The molecule has 1 atom stereocenters. The van der Waals surface area contributed by atoms with E-state index in [0.717, 1.165) is 5.01 Å². The van der Waals surface area contributed by atoms with E-state index in [1.807, 2.05) is 6.92 Å². The van der Waals surface area contributed by atoms with Gasteiger partial charge in [-0.3, -0.25) is 4.79 Å². The van der Waals surface area contributed by atoms with Crippen LogP contribution in [0.2, 0.25) is 5.02 Å². The van der Waals surface area contributed by atoms with E-state index in [1.54, 1.807) is 5.38 Å². The Kier molecular flexibility index (Phi) is 4.29. The average molecular weight is 299 g/mol. The Bertz CT molecular complexity index is 612. The highest BCUT2D eigenvalue weighted by molar-refractivity contribution is 7.09. The van der Waals surface area contributed by atoms with Crippen molar-refractivity contribution in [2.24, 2.45) is 5.73 Å². The molecule has 1 heterocycles. The molecule has 3 nitrogen and oxygen atoms in total. The molecule has 0 radical (unpaired) electrons. The highest BCUT2D eigenvalue weighted by Crippen LogP contribution is 2.19. The lowest BCUT2D eigenvalue weighted by Crippen LogP contribution is -2.07. The number of nitrogens with two attached hydrogens (primary N) is 1.